The maximum Gasteiger partial charge on any atom is 0.196 e. The smallest absolute Gasteiger partial charge is 0.196 e. The zero-order valence-corrected chi connectivity index (χ0v) is 11.9. The molecule has 0 saturated carbocycles. The molecule has 0 saturated heterocycles. The fourth-order valence-electron chi connectivity index (χ4n) is 2.12. The number of ketones is 1. The van der Waals surface area contributed by atoms with Gasteiger partial charge in [-0.3, -0.25) is 9.78 Å². The maximum absolute atomic E-state index is 12.5. The molecule has 3 rings (SSSR count). The van der Waals surface area contributed by atoms with Crippen molar-refractivity contribution in [1.29, 1.82) is 0 Å². The van der Waals surface area contributed by atoms with Crippen LogP contribution in [0.15, 0.2) is 49.1 Å². The van der Waals surface area contributed by atoms with Crippen molar-refractivity contribution in [3.63, 3.8) is 0 Å². The van der Waals surface area contributed by atoms with E-state index in [1.807, 2.05) is 13.8 Å². The molecular weight excluding hydrogens is 266 g/mol. The van der Waals surface area contributed by atoms with Crippen molar-refractivity contribution in [3.8, 4) is 5.75 Å². The van der Waals surface area contributed by atoms with E-state index >= 15 is 0 Å². The van der Waals surface area contributed by atoms with Crippen LogP contribution < -0.4 is 4.74 Å². The van der Waals surface area contributed by atoms with Crippen LogP contribution in [-0.4, -0.2) is 26.5 Å². The van der Waals surface area contributed by atoms with E-state index in [4.69, 9.17) is 4.74 Å². The van der Waals surface area contributed by atoms with Gasteiger partial charge in [-0.15, -0.1) is 0 Å². The minimum Gasteiger partial charge on any atom is -0.491 e. The Labute approximate surface area is 122 Å². The van der Waals surface area contributed by atoms with Crippen LogP contribution in [0.4, 0.5) is 0 Å². The number of hydrogen-bond acceptors (Lipinski definition) is 4. The van der Waals surface area contributed by atoms with E-state index in [2.05, 4.69) is 10.1 Å². The van der Waals surface area contributed by atoms with Crippen molar-refractivity contribution in [3.05, 3.63) is 60.2 Å². The first kappa shape index (κ1) is 13.3. The average Bonchev–Trinajstić information content (AvgIpc) is 2.90. The van der Waals surface area contributed by atoms with Crippen molar-refractivity contribution in [2.45, 2.75) is 20.0 Å². The second-order valence-corrected chi connectivity index (χ2v) is 4.98. The third-order valence-corrected chi connectivity index (χ3v) is 3.06. The number of nitrogens with zero attached hydrogens (tertiary/aromatic N) is 3. The molecule has 0 bridgehead atoms. The number of fused-ring (bicyclic) bond motifs is 1. The molecule has 21 heavy (non-hydrogen) atoms. The molecule has 5 heteroatoms. The molecule has 5 nitrogen and oxygen atoms in total. The van der Waals surface area contributed by atoms with Gasteiger partial charge in [0.15, 0.2) is 5.78 Å². The van der Waals surface area contributed by atoms with Gasteiger partial charge in [0, 0.05) is 18.0 Å². The molecule has 0 fully saturated rings. The predicted octanol–water partition coefficient (Wildman–Crippen LogP) is 2.75. The van der Waals surface area contributed by atoms with Crippen LogP contribution >= 0.6 is 0 Å². The fourth-order valence-corrected chi connectivity index (χ4v) is 2.12. The first-order valence-corrected chi connectivity index (χ1v) is 6.74. The zero-order valence-electron chi connectivity index (χ0n) is 11.9. The molecule has 0 radical (unpaired) electrons. The molecule has 2 heterocycles. The lowest BCUT2D eigenvalue weighted by atomic mass is 10.1. The van der Waals surface area contributed by atoms with Gasteiger partial charge in [0.05, 0.1) is 29.6 Å². The molecule has 0 aliphatic heterocycles. The Morgan fingerprint density at radius 2 is 1.95 bits per heavy atom. The van der Waals surface area contributed by atoms with Gasteiger partial charge in [0.2, 0.25) is 0 Å². The highest BCUT2D eigenvalue weighted by Gasteiger charge is 2.15. The van der Waals surface area contributed by atoms with E-state index in [1.54, 1.807) is 53.6 Å². The second-order valence-electron chi connectivity index (χ2n) is 4.98. The Kier molecular flexibility index (Phi) is 3.39. The molecule has 0 spiro atoms. The van der Waals surface area contributed by atoms with Gasteiger partial charge in [-0.1, -0.05) is 0 Å². The molecule has 1 aromatic carbocycles. The first-order chi connectivity index (χ1) is 10.1. The van der Waals surface area contributed by atoms with Crippen molar-refractivity contribution in [1.82, 2.24) is 14.6 Å². The maximum atomic E-state index is 12.5. The van der Waals surface area contributed by atoms with E-state index < -0.39 is 0 Å². The lowest BCUT2D eigenvalue weighted by Gasteiger charge is -2.09. The summed E-state index contributed by atoms with van der Waals surface area (Å²) in [6.07, 6.45) is 6.66. The fraction of sp³-hybridized carbons (Fsp3) is 0.188. The van der Waals surface area contributed by atoms with Gasteiger partial charge in [-0.25, -0.2) is 4.52 Å². The number of ether oxygens (including phenoxy) is 1. The molecule has 3 aromatic rings. The topological polar surface area (TPSA) is 56.5 Å². The van der Waals surface area contributed by atoms with Gasteiger partial charge in [0.25, 0.3) is 0 Å². The number of carbonyl (C=O) groups excluding carboxylic acids is 1. The minimum absolute atomic E-state index is 0.0749. The summed E-state index contributed by atoms with van der Waals surface area (Å²) in [5, 5.41) is 4.15. The Morgan fingerprint density at radius 1 is 1.19 bits per heavy atom. The summed E-state index contributed by atoms with van der Waals surface area (Å²) in [4.78, 5) is 16.6. The number of rotatable bonds is 4. The second kappa shape index (κ2) is 5.36. The van der Waals surface area contributed by atoms with Gasteiger partial charge < -0.3 is 4.74 Å². The normalized spacial score (nSPS) is 11.0. The van der Waals surface area contributed by atoms with Gasteiger partial charge in [-0.2, -0.15) is 5.10 Å². The SMILES string of the molecule is CC(C)Oc1ccc(C(=O)c2cnn3ccncc23)cc1. The molecule has 0 aliphatic carbocycles. The lowest BCUT2D eigenvalue weighted by molar-refractivity contribution is 0.104. The average molecular weight is 281 g/mol. The highest BCUT2D eigenvalue weighted by Crippen LogP contribution is 2.18. The van der Waals surface area contributed by atoms with Crippen LogP contribution in [0.3, 0.4) is 0 Å². The number of carbonyl (C=O) groups is 1. The minimum atomic E-state index is -0.0749. The van der Waals surface area contributed by atoms with Crippen molar-refractivity contribution < 1.29 is 9.53 Å². The van der Waals surface area contributed by atoms with Gasteiger partial charge >= 0.3 is 0 Å². The van der Waals surface area contributed by atoms with E-state index in [-0.39, 0.29) is 11.9 Å². The van der Waals surface area contributed by atoms with Gasteiger partial charge in [0.1, 0.15) is 5.75 Å². The van der Waals surface area contributed by atoms with Crippen molar-refractivity contribution in [2.75, 3.05) is 0 Å². The van der Waals surface area contributed by atoms with Crippen LogP contribution in [0.25, 0.3) is 5.52 Å². The van der Waals surface area contributed by atoms with Crippen molar-refractivity contribution in [2.24, 2.45) is 0 Å². The molecule has 0 aliphatic rings. The summed E-state index contributed by atoms with van der Waals surface area (Å²) in [6.45, 7) is 3.93. The highest BCUT2D eigenvalue weighted by molar-refractivity contribution is 6.12. The molecule has 0 unspecified atom stereocenters. The molecule has 0 N–H and O–H groups in total. The quantitative estimate of drug-likeness (QED) is 0.690. The van der Waals surface area contributed by atoms with Crippen LogP contribution in [-0.2, 0) is 0 Å². The van der Waals surface area contributed by atoms with Crippen LogP contribution in [0.2, 0.25) is 0 Å². The lowest BCUT2D eigenvalue weighted by Crippen LogP contribution is -2.06. The van der Waals surface area contributed by atoms with E-state index in [1.165, 1.54) is 0 Å². The molecule has 0 atom stereocenters. The summed E-state index contributed by atoms with van der Waals surface area (Å²) in [5.41, 5.74) is 1.84. The Bertz CT molecular complexity index is 776. The summed E-state index contributed by atoms with van der Waals surface area (Å²) in [7, 11) is 0. The predicted molar refractivity (Wildman–Crippen MR) is 78.6 cm³/mol. The third kappa shape index (κ3) is 2.63. The molecular formula is C16H15N3O2. The third-order valence-electron chi connectivity index (χ3n) is 3.06. The summed E-state index contributed by atoms with van der Waals surface area (Å²) >= 11 is 0. The van der Waals surface area contributed by atoms with Crippen LogP contribution in [0.5, 0.6) is 5.75 Å². The van der Waals surface area contributed by atoms with Crippen LogP contribution in [0.1, 0.15) is 29.8 Å². The standard InChI is InChI=1S/C16H15N3O2/c1-11(2)21-13-5-3-12(4-6-13)16(20)14-9-18-19-8-7-17-10-15(14)19/h3-11H,1-2H3. The number of benzene rings is 1. The number of aromatic nitrogens is 3. The Balaban J connectivity index is 1.91. The Morgan fingerprint density at radius 3 is 2.67 bits per heavy atom. The molecule has 0 amide bonds. The van der Waals surface area contributed by atoms with E-state index in [0.717, 1.165) is 5.75 Å². The van der Waals surface area contributed by atoms with Gasteiger partial charge in [-0.05, 0) is 38.1 Å². The first-order valence-electron chi connectivity index (χ1n) is 6.74. The largest absolute Gasteiger partial charge is 0.491 e. The molecule has 2 aromatic heterocycles. The number of hydrogen-bond donors (Lipinski definition) is 0. The highest BCUT2D eigenvalue weighted by atomic mass is 16.5. The summed E-state index contributed by atoms with van der Waals surface area (Å²) < 4.78 is 7.21. The Hall–Kier alpha value is -2.69. The van der Waals surface area contributed by atoms with E-state index in [0.29, 0.717) is 16.6 Å². The summed E-state index contributed by atoms with van der Waals surface area (Å²) in [5.74, 6) is 0.678. The zero-order chi connectivity index (χ0) is 14.8. The van der Waals surface area contributed by atoms with Crippen LogP contribution in [0, 0.1) is 0 Å². The summed E-state index contributed by atoms with van der Waals surface area (Å²) in [6, 6.07) is 7.13. The monoisotopic (exact) mass is 281 g/mol. The van der Waals surface area contributed by atoms with Crippen molar-refractivity contribution >= 4 is 11.3 Å². The van der Waals surface area contributed by atoms with E-state index in [9.17, 15) is 4.79 Å². The molecule has 106 valence electrons.